The molecule has 82 heavy (non-hydrogen) atoms. The Kier molecular flexibility index (Phi) is 28.0. The molecule has 5 rings (SSSR count). The number of hydrogen-bond donors (Lipinski definition) is 19. The first-order valence-electron chi connectivity index (χ1n) is 26.5. The lowest BCUT2D eigenvalue weighted by Crippen LogP contribution is -2.65. The van der Waals surface area contributed by atoms with E-state index in [2.05, 4.69) is 32.1 Å². The lowest BCUT2D eigenvalue weighted by atomic mass is 9.96. The van der Waals surface area contributed by atoms with Crippen molar-refractivity contribution in [2.75, 3.05) is 52.7 Å². The number of benzene rings is 1. The molecule has 4 aliphatic rings. The number of nitrogens with one attached hydrogen (secondary N) is 6. The normalized spacial score (nSPS) is 34.7. The van der Waals surface area contributed by atoms with Crippen LogP contribution in [0.4, 0.5) is 0 Å². The molecule has 0 spiro atoms. The third-order valence-corrected chi connectivity index (χ3v) is 13.7. The van der Waals surface area contributed by atoms with Gasteiger partial charge in [0.1, 0.15) is 104 Å². The van der Waals surface area contributed by atoms with Crippen LogP contribution in [0.1, 0.15) is 44.6 Å². The number of carbonyl (C=O) groups is 6. The van der Waals surface area contributed by atoms with Gasteiger partial charge in [0.2, 0.25) is 23.6 Å². The molecular weight excluding hydrogens is 1100 g/mol. The van der Waals surface area contributed by atoms with Gasteiger partial charge in [0.15, 0.2) is 25.2 Å². The molecule has 0 bridgehead atoms. The highest BCUT2D eigenvalue weighted by molar-refractivity contribution is 5.91. The Morgan fingerprint density at radius 2 is 1.10 bits per heavy atom. The summed E-state index contributed by atoms with van der Waals surface area (Å²) in [5.74, 6) is -3.59. The van der Waals surface area contributed by atoms with Gasteiger partial charge in [-0.15, -0.1) is 0 Å². The molecule has 0 radical (unpaired) electrons. The molecule has 4 heterocycles. The van der Waals surface area contributed by atoms with Crippen LogP contribution in [0, 0.1) is 0 Å². The standard InChI is InChI=1S/C49H78N6O27/c1-22-33(63)37(67)40(70)46(78-22)75-14-12-50-29(59)8-5-9-31(61)53-25(45(74)52-17-32(62)55-54-24(18-56)16-23-6-3-2-4-7-23)10-11-30(60)51-13-15-76-48-43(73)44(82-49-42(72)39(69)35(65)27(20-58)80-49)36(66)28(81-48)21-77-47-41(71)38(68)34(64)26(19-57)79-47/h2-4,6-7,18,22,24-28,33-44,46-49,54,57-58,63-73H,5,8-17,19-21H2,1H3,(H,50,59)(H,51,60)(H,52,74)(H,53,61)(H,55,62)/t22-,24-,25-,26+,27+,28+,33+,34+,35+,36+,37+,38-,39-,40-,41-,42-,43-,44-,46+,47-,48-,49+/m0/s1. The Morgan fingerprint density at radius 3 is 1.70 bits per heavy atom. The van der Waals surface area contributed by atoms with Crippen molar-refractivity contribution in [3.63, 3.8) is 0 Å². The number of aliphatic hydroxyl groups excluding tert-OH is 13. The van der Waals surface area contributed by atoms with Crippen molar-refractivity contribution < 1.29 is 133 Å². The highest BCUT2D eigenvalue weighted by Gasteiger charge is 2.52. The van der Waals surface area contributed by atoms with Gasteiger partial charge < -0.3 is 130 Å². The number of aliphatic hydroxyl groups is 13. The van der Waals surface area contributed by atoms with Crippen LogP contribution in [0.3, 0.4) is 0 Å². The van der Waals surface area contributed by atoms with E-state index in [0.717, 1.165) is 5.56 Å². The van der Waals surface area contributed by atoms with Crippen LogP contribution < -0.4 is 32.1 Å². The zero-order chi connectivity index (χ0) is 60.2. The SMILES string of the molecule is C[C@@H]1O[C@@H](OCCNC(=O)CCCC(=O)N[C@@H](CCC(=O)NCCO[C@H]2O[C@H](CO[C@H]3O[C@H](CO)[C@@H](O)[C@H](O)[C@@H]3O)[C@@H](O)[C@H](O[C@H]3O[C@H](CO)[C@@H](O)[C@H](O)[C@@H]3O)[C@@H]2O)C(=O)NCC(=O)NN[C@H](C=O)Cc2ccccc2)[C@@H](O)[C@H](O)[C@@H]1O. The van der Waals surface area contributed by atoms with Crippen molar-refractivity contribution in [2.24, 2.45) is 0 Å². The Hall–Kier alpha value is -4.64. The molecule has 1 aromatic carbocycles. The van der Waals surface area contributed by atoms with E-state index >= 15 is 0 Å². The smallest absolute Gasteiger partial charge is 0.253 e. The van der Waals surface area contributed by atoms with Crippen molar-refractivity contribution in [1.29, 1.82) is 0 Å². The van der Waals surface area contributed by atoms with Crippen molar-refractivity contribution in [1.82, 2.24) is 32.1 Å². The van der Waals surface area contributed by atoms with E-state index in [1.165, 1.54) is 6.92 Å². The summed E-state index contributed by atoms with van der Waals surface area (Å²) in [6.45, 7) is -2.53. The Balaban J connectivity index is 1.15. The van der Waals surface area contributed by atoms with E-state index in [9.17, 15) is 95.2 Å². The first kappa shape index (κ1) is 68.1. The molecule has 33 nitrogen and oxygen atoms in total. The zero-order valence-electron chi connectivity index (χ0n) is 44.6. The molecule has 19 N–H and O–H groups in total. The number of carbonyl (C=O) groups excluding carboxylic acids is 6. The quantitative estimate of drug-likeness (QED) is 0.0186. The fourth-order valence-corrected chi connectivity index (χ4v) is 8.86. The maximum absolute atomic E-state index is 13.5. The number of amides is 5. The maximum atomic E-state index is 13.5. The first-order chi connectivity index (χ1) is 39.1. The van der Waals surface area contributed by atoms with Crippen LogP contribution in [0.5, 0.6) is 0 Å². The molecule has 0 aliphatic carbocycles. The average molecular weight is 1180 g/mol. The summed E-state index contributed by atoms with van der Waals surface area (Å²) in [7, 11) is 0. The Morgan fingerprint density at radius 1 is 0.573 bits per heavy atom. The minimum Gasteiger partial charge on any atom is -0.394 e. The first-order valence-corrected chi connectivity index (χ1v) is 26.5. The van der Waals surface area contributed by atoms with Crippen LogP contribution in [0.15, 0.2) is 30.3 Å². The topological polar surface area (TPSA) is 511 Å². The third-order valence-electron chi connectivity index (χ3n) is 13.7. The molecule has 4 aliphatic heterocycles. The molecule has 33 heteroatoms. The van der Waals surface area contributed by atoms with Crippen LogP contribution in [0.2, 0.25) is 0 Å². The fraction of sp³-hybridized carbons (Fsp3) is 0.755. The van der Waals surface area contributed by atoms with Crippen molar-refractivity contribution >= 4 is 35.8 Å². The number of hydrogen-bond acceptors (Lipinski definition) is 28. The van der Waals surface area contributed by atoms with Crippen LogP contribution in [-0.4, -0.2) is 290 Å². The van der Waals surface area contributed by atoms with Gasteiger partial charge in [0.25, 0.3) is 5.91 Å². The monoisotopic (exact) mass is 1180 g/mol. The molecule has 0 aromatic heterocycles. The predicted octanol–water partition coefficient (Wildman–Crippen LogP) is -10.5. The minimum atomic E-state index is -2.00. The second kappa shape index (κ2) is 33.7. The van der Waals surface area contributed by atoms with Crippen molar-refractivity contribution in [3.05, 3.63) is 35.9 Å². The average Bonchev–Trinajstić information content (AvgIpc) is 3.45. The third kappa shape index (κ3) is 19.7. The van der Waals surface area contributed by atoms with Gasteiger partial charge in [-0.25, -0.2) is 5.43 Å². The number of aldehydes is 1. The van der Waals surface area contributed by atoms with Crippen molar-refractivity contribution in [3.8, 4) is 0 Å². The maximum Gasteiger partial charge on any atom is 0.253 e. The molecule has 0 unspecified atom stereocenters. The van der Waals surface area contributed by atoms with Gasteiger partial charge in [-0.05, 0) is 31.7 Å². The van der Waals surface area contributed by atoms with Gasteiger partial charge >= 0.3 is 0 Å². The fourth-order valence-electron chi connectivity index (χ4n) is 8.86. The van der Waals surface area contributed by atoms with E-state index in [1.54, 1.807) is 30.3 Å². The highest BCUT2D eigenvalue weighted by atomic mass is 16.8. The summed E-state index contributed by atoms with van der Waals surface area (Å²) >= 11 is 0. The summed E-state index contributed by atoms with van der Waals surface area (Å²) in [6.07, 6.45) is -33.7. The van der Waals surface area contributed by atoms with E-state index < -0.39 is 204 Å². The van der Waals surface area contributed by atoms with E-state index in [-0.39, 0.29) is 51.8 Å². The van der Waals surface area contributed by atoms with E-state index in [0.29, 0.717) is 6.29 Å². The molecule has 466 valence electrons. The Labute approximate surface area is 469 Å². The zero-order valence-corrected chi connectivity index (χ0v) is 44.6. The van der Waals surface area contributed by atoms with E-state index in [4.69, 9.17) is 37.9 Å². The molecule has 5 amide bonds. The van der Waals surface area contributed by atoms with E-state index in [1.807, 2.05) is 0 Å². The predicted molar refractivity (Wildman–Crippen MR) is 269 cm³/mol. The van der Waals surface area contributed by atoms with Crippen LogP contribution in [0.25, 0.3) is 0 Å². The van der Waals surface area contributed by atoms with Crippen LogP contribution >= 0.6 is 0 Å². The summed E-state index contributed by atoms with van der Waals surface area (Å²) in [4.78, 5) is 76.7. The second-order valence-electron chi connectivity index (χ2n) is 19.8. The lowest BCUT2D eigenvalue weighted by Gasteiger charge is -2.46. The summed E-state index contributed by atoms with van der Waals surface area (Å²) in [6, 6.07) is 6.64. The molecule has 4 fully saturated rings. The minimum absolute atomic E-state index is 0.0145. The molecule has 0 saturated carbocycles. The number of ether oxygens (including phenoxy) is 8. The lowest BCUT2D eigenvalue weighted by molar-refractivity contribution is -0.366. The second-order valence-corrected chi connectivity index (χ2v) is 19.8. The van der Waals surface area contributed by atoms with Crippen LogP contribution in [-0.2, 0) is 73.1 Å². The van der Waals surface area contributed by atoms with Gasteiger partial charge in [0.05, 0.1) is 51.7 Å². The Bertz CT molecular complexity index is 2140. The van der Waals surface area contributed by atoms with Gasteiger partial charge in [-0.2, -0.15) is 0 Å². The van der Waals surface area contributed by atoms with Gasteiger partial charge in [-0.1, -0.05) is 30.3 Å². The van der Waals surface area contributed by atoms with Gasteiger partial charge in [-0.3, -0.25) is 29.4 Å². The molecular formula is C49H78N6O27. The summed E-state index contributed by atoms with van der Waals surface area (Å²) in [5.41, 5.74) is 5.70. The number of rotatable bonds is 31. The molecule has 1 aromatic rings. The number of hydrazine groups is 1. The largest absolute Gasteiger partial charge is 0.394 e. The molecule has 4 saturated heterocycles. The molecule has 22 atom stereocenters. The summed E-state index contributed by atoms with van der Waals surface area (Å²) in [5, 5.41) is 144. The van der Waals surface area contributed by atoms with Crippen molar-refractivity contribution in [2.45, 2.75) is 180 Å². The van der Waals surface area contributed by atoms with Gasteiger partial charge in [0, 0.05) is 32.4 Å². The highest BCUT2D eigenvalue weighted by Crippen LogP contribution is 2.31. The summed E-state index contributed by atoms with van der Waals surface area (Å²) < 4.78 is 44.1.